The number of fused-ring (bicyclic) bond motifs is 1. The first kappa shape index (κ1) is 16.4. The largest absolute Gasteiger partial charge is 0.493 e. The lowest BCUT2D eigenvalue weighted by atomic mass is 10.2. The molecule has 4 rings (SSSR count). The van der Waals surface area contributed by atoms with Crippen LogP contribution in [-0.2, 0) is 0 Å². The van der Waals surface area contributed by atoms with Crippen molar-refractivity contribution in [2.75, 3.05) is 17.0 Å². The molecular weight excluding hydrogens is 352 g/mol. The molecule has 2 aromatic carbocycles. The first-order valence-corrected chi connectivity index (χ1v) is 8.47. The number of hydrogen-bond donors (Lipinski definition) is 2. The average Bonchev–Trinajstić information content (AvgIpc) is 2.88. The lowest BCUT2D eigenvalue weighted by Gasteiger charge is -2.34. The Hall–Kier alpha value is -3.12. The van der Waals surface area contributed by atoms with Crippen LogP contribution >= 0.6 is 11.6 Å². The van der Waals surface area contributed by atoms with Crippen LogP contribution in [-0.4, -0.2) is 23.2 Å². The number of amides is 2. The van der Waals surface area contributed by atoms with Crippen LogP contribution in [0.3, 0.4) is 0 Å². The van der Waals surface area contributed by atoms with Crippen molar-refractivity contribution in [2.45, 2.75) is 6.92 Å². The summed E-state index contributed by atoms with van der Waals surface area (Å²) in [5.41, 5.74) is 3.27. The van der Waals surface area contributed by atoms with Gasteiger partial charge in [-0.2, -0.15) is 0 Å². The van der Waals surface area contributed by atoms with Crippen molar-refractivity contribution in [1.29, 1.82) is 0 Å². The van der Waals surface area contributed by atoms with E-state index < -0.39 is 6.03 Å². The minimum atomic E-state index is -0.439. The van der Waals surface area contributed by atoms with Crippen LogP contribution in [0.1, 0.15) is 6.92 Å². The van der Waals surface area contributed by atoms with Crippen LogP contribution in [0.5, 0.6) is 0 Å². The maximum absolute atomic E-state index is 12.7. The third-order valence-electron chi connectivity index (χ3n) is 4.52. The van der Waals surface area contributed by atoms with Crippen LogP contribution in [0.15, 0.2) is 77.6 Å². The molecule has 2 amide bonds. The fourth-order valence-electron chi connectivity index (χ4n) is 3.19. The van der Waals surface area contributed by atoms with Crippen molar-refractivity contribution < 1.29 is 9.90 Å². The third kappa shape index (κ3) is 2.38. The van der Waals surface area contributed by atoms with Crippen molar-refractivity contribution in [2.24, 2.45) is 0 Å². The van der Waals surface area contributed by atoms with Gasteiger partial charge in [-0.15, -0.1) is 0 Å². The molecule has 0 unspecified atom stereocenters. The second kappa shape index (κ2) is 6.00. The molecule has 0 atom stereocenters. The smallest absolute Gasteiger partial charge is 0.333 e. The van der Waals surface area contributed by atoms with Crippen LogP contribution in [0, 0.1) is 0 Å². The molecule has 0 spiro atoms. The topological polar surface area (TPSA) is 59.1 Å². The summed E-state index contributed by atoms with van der Waals surface area (Å²) in [7, 11) is 1.88. The van der Waals surface area contributed by atoms with Gasteiger partial charge in [0.1, 0.15) is 5.70 Å². The number of benzene rings is 2. The van der Waals surface area contributed by atoms with Crippen LogP contribution < -0.4 is 15.2 Å². The Morgan fingerprint density at radius 3 is 2.42 bits per heavy atom. The van der Waals surface area contributed by atoms with Gasteiger partial charge < -0.3 is 10.4 Å². The van der Waals surface area contributed by atoms with Crippen molar-refractivity contribution in [3.63, 3.8) is 0 Å². The van der Waals surface area contributed by atoms with Gasteiger partial charge in [0.25, 0.3) is 0 Å². The molecule has 26 heavy (non-hydrogen) atoms. The summed E-state index contributed by atoms with van der Waals surface area (Å²) in [6.07, 6.45) is 0. The number of carbonyl (C=O) groups excluding carboxylic acids is 1. The lowest BCUT2D eigenvalue weighted by Crippen LogP contribution is -2.46. The Kier molecular flexibility index (Phi) is 3.77. The van der Waals surface area contributed by atoms with Crippen LogP contribution in [0.2, 0.25) is 5.02 Å². The van der Waals surface area contributed by atoms with E-state index in [0.717, 1.165) is 11.4 Å². The van der Waals surface area contributed by atoms with Crippen LogP contribution in [0.25, 0.3) is 0 Å². The normalized spacial score (nSPS) is 17.0. The number of para-hydroxylation sites is 1. The molecule has 2 aliphatic rings. The third-order valence-corrected chi connectivity index (χ3v) is 4.76. The quantitative estimate of drug-likeness (QED) is 0.834. The molecule has 0 radical (unpaired) electrons. The molecule has 2 aliphatic heterocycles. The number of aliphatic hydroxyl groups excluding tert-OH is 1. The predicted molar refractivity (Wildman–Crippen MR) is 102 cm³/mol. The number of allylic oxidation sites excluding steroid dienone is 1. The van der Waals surface area contributed by atoms with Crippen molar-refractivity contribution in [1.82, 2.24) is 10.3 Å². The summed E-state index contributed by atoms with van der Waals surface area (Å²) in [6.45, 7) is 1.89. The fourth-order valence-corrected chi connectivity index (χ4v) is 3.37. The molecule has 0 fully saturated rings. The van der Waals surface area contributed by atoms with Gasteiger partial charge in [-0.1, -0.05) is 35.9 Å². The Balaban J connectivity index is 1.90. The molecule has 2 heterocycles. The highest BCUT2D eigenvalue weighted by molar-refractivity contribution is 6.31. The highest BCUT2D eigenvalue weighted by Crippen LogP contribution is 2.39. The minimum Gasteiger partial charge on any atom is -0.493 e. The monoisotopic (exact) mass is 368 g/mol. The number of anilines is 2. The molecule has 0 bridgehead atoms. The average molecular weight is 369 g/mol. The molecule has 6 nitrogen and oxygen atoms in total. The minimum absolute atomic E-state index is 0.154. The number of carbonyl (C=O) groups is 1. The summed E-state index contributed by atoms with van der Waals surface area (Å²) >= 11 is 6.06. The number of urea groups is 1. The lowest BCUT2D eigenvalue weighted by molar-refractivity contribution is 0.243. The summed E-state index contributed by atoms with van der Waals surface area (Å²) < 4.78 is 0. The van der Waals surface area contributed by atoms with Gasteiger partial charge in [-0.3, -0.25) is 5.01 Å². The molecule has 7 heteroatoms. The van der Waals surface area contributed by atoms with Crippen molar-refractivity contribution in [3.8, 4) is 0 Å². The summed E-state index contributed by atoms with van der Waals surface area (Å²) in [4.78, 5) is 13.9. The van der Waals surface area contributed by atoms with Gasteiger partial charge >= 0.3 is 6.03 Å². The fraction of sp³-hybridized carbons (Fsp3) is 0.105. The zero-order valence-electron chi connectivity index (χ0n) is 14.3. The van der Waals surface area contributed by atoms with Gasteiger partial charge in [-0.05, 0) is 37.3 Å². The predicted octanol–water partition coefficient (Wildman–Crippen LogP) is 4.20. The number of halogens is 1. The Morgan fingerprint density at radius 1 is 1.04 bits per heavy atom. The van der Waals surface area contributed by atoms with Gasteiger partial charge in [0.05, 0.1) is 22.8 Å². The van der Waals surface area contributed by atoms with Gasteiger partial charge in [-0.25, -0.2) is 14.7 Å². The van der Waals surface area contributed by atoms with Crippen LogP contribution in [0.4, 0.5) is 16.2 Å². The molecule has 2 N–H and O–H groups in total. The zero-order chi connectivity index (χ0) is 18.4. The number of nitrogens with zero attached hydrogens (tertiary/aromatic N) is 3. The molecular formula is C19H17ClN4O2. The first-order chi connectivity index (χ1) is 12.5. The highest BCUT2D eigenvalue weighted by atomic mass is 35.5. The van der Waals surface area contributed by atoms with E-state index in [0.29, 0.717) is 22.1 Å². The van der Waals surface area contributed by atoms with Crippen molar-refractivity contribution in [3.05, 3.63) is 82.6 Å². The standard InChI is InChI=1S/C19H17ClN4O2/c1-12-16-17(24(22(12)2)14-8-4-3-5-9-14)18(25)23(19(26)21-16)15-10-6-7-13(20)11-15/h3-11,25H,1-2H3,(H,21,26). The van der Waals surface area contributed by atoms with E-state index in [1.807, 2.05) is 54.3 Å². The summed E-state index contributed by atoms with van der Waals surface area (Å²) in [5.74, 6) is -0.154. The molecule has 0 saturated heterocycles. The van der Waals surface area contributed by atoms with E-state index in [2.05, 4.69) is 5.32 Å². The number of rotatable bonds is 2. The number of nitrogens with one attached hydrogen (secondary N) is 1. The number of hydrogen-bond acceptors (Lipinski definition) is 4. The van der Waals surface area contributed by atoms with Gasteiger partial charge in [0.2, 0.25) is 5.88 Å². The number of hydrazine groups is 1. The Labute approximate surface area is 156 Å². The van der Waals surface area contributed by atoms with E-state index in [4.69, 9.17) is 11.6 Å². The van der Waals surface area contributed by atoms with E-state index in [-0.39, 0.29) is 5.88 Å². The van der Waals surface area contributed by atoms with Gasteiger partial charge in [0, 0.05) is 12.1 Å². The molecule has 2 aromatic rings. The van der Waals surface area contributed by atoms with Gasteiger partial charge in [0.15, 0.2) is 0 Å². The molecule has 0 saturated carbocycles. The Morgan fingerprint density at radius 2 is 1.73 bits per heavy atom. The maximum Gasteiger partial charge on any atom is 0.333 e. The summed E-state index contributed by atoms with van der Waals surface area (Å²) in [5, 5.41) is 18.1. The second-order valence-electron chi connectivity index (χ2n) is 6.05. The molecule has 132 valence electrons. The molecule has 0 aromatic heterocycles. The first-order valence-electron chi connectivity index (χ1n) is 8.09. The number of aliphatic hydroxyl groups is 1. The highest BCUT2D eigenvalue weighted by Gasteiger charge is 2.41. The molecule has 0 aliphatic carbocycles. The van der Waals surface area contributed by atoms with E-state index in [9.17, 15) is 9.90 Å². The second-order valence-corrected chi connectivity index (χ2v) is 6.49. The van der Waals surface area contributed by atoms with Crippen molar-refractivity contribution >= 4 is 29.0 Å². The van der Waals surface area contributed by atoms with E-state index in [1.54, 1.807) is 24.3 Å². The Bertz CT molecular complexity index is 955. The maximum atomic E-state index is 12.7. The van der Waals surface area contributed by atoms with E-state index >= 15 is 0 Å². The SMILES string of the molecule is CC1=C2NC(=O)N(c3cccc(Cl)c3)C(O)=C2N(c2ccccc2)N1C. The zero-order valence-corrected chi connectivity index (χ0v) is 15.0. The van der Waals surface area contributed by atoms with E-state index in [1.165, 1.54) is 4.90 Å². The summed E-state index contributed by atoms with van der Waals surface area (Å²) in [6, 6.07) is 16.0.